The van der Waals surface area contributed by atoms with E-state index < -0.39 is 38.3 Å². The van der Waals surface area contributed by atoms with Gasteiger partial charge in [0.25, 0.3) is 17.5 Å². The number of amides is 2. The normalized spacial score (nSPS) is 17.8. The number of nitro benzene ring substituents is 1. The molecule has 0 atom stereocenters. The number of piperazine rings is 1. The molecule has 31 heavy (non-hydrogen) atoms. The highest BCUT2D eigenvalue weighted by Crippen LogP contribution is 2.31. The predicted octanol–water partition coefficient (Wildman–Crippen LogP) is 1.29. The van der Waals surface area contributed by atoms with Gasteiger partial charge in [-0.15, -0.1) is 0 Å². The van der Waals surface area contributed by atoms with Crippen LogP contribution >= 0.6 is 0 Å². The van der Waals surface area contributed by atoms with Crippen molar-refractivity contribution in [2.75, 3.05) is 32.8 Å². The SMILES string of the molecule is O=C1c2cccc([N+](=O)[O-])c2C(=O)N1CN1CCN(S(=O)(=O)c2cccc(F)c2)CC1. The number of rotatable bonds is 5. The molecular weight excluding hydrogens is 431 g/mol. The van der Waals surface area contributed by atoms with E-state index in [4.69, 9.17) is 0 Å². The Morgan fingerprint density at radius 1 is 1.00 bits per heavy atom. The first-order valence-corrected chi connectivity index (χ1v) is 10.8. The quantitative estimate of drug-likeness (QED) is 0.384. The van der Waals surface area contributed by atoms with E-state index >= 15 is 0 Å². The first kappa shape index (κ1) is 21.0. The molecule has 2 aliphatic heterocycles. The Bertz CT molecular complexity index is 1190. The number of fused-ring (bicyclic) bond motifs is 1. The van der Waals surface area contributed by atoms with Crippen molar-refractivity contribution in [3.05, 3.63) is 69.5 Å². The van der Waals surface area contributed by atoms with Crippen molar-refractivity contribution < 1.29 is 27.3 Å². The average Bonchev–Trinajstić information content (AvgIpc) is 2.99. The maximum atomic E-state index is 13.4. The molecule has 0 bridgehead atoms. The van der Waals surface area contributed by atoms with Gasteiger partial charge in [-0.25, -0.2) is 12.8 Å². The number of hydrogen-bond acceptors (Lipinski definition) is 7. The van der Waals surface area contributed by atoms with E-state index in [0.717, 1.165) is 17.0 Å². The molecule has 2 heterocycles. The van der Waals surface area contributed by atoms with Gasteiger partial charge in [0.1, 0.15) is 11.4 Å². The summed E-state index contributed by atoms with van der Waals surface area (Å²) in [5.41, 5.74) is -0.680. The summed E-state index contributed by atoms with van der Waals surface area (Å²) in [6.07, 6.45) is 0. The molecule has 12 heteroatoms. The topological polar surface area (TPSA) is 121 Å². The van der Waals surface area contributed by atoms with Crippen molar-refractivity contribution in [2.24, 2.45) is 0 Å². The third-order valence-corrected chi connectivity index (χ3v) is 7.17. The van der Waals surface area contributed by atoms with Gasteiger partial charge in [-0.2, -0.15) is 4.31 Å². The maximum absolute atomic E-state index is 13.4. The third kappa shape index (κ3) is 3.69. The predicted molar refractivity (Wildman–Crippen MR) is 105 cm³/mol. The van der Waals surface area contributed by atoms with Crippen LogP contribution in [0.4, 0.5) is 10.1 Å². The number of imide groups is 1. The van der Waals surface area contributed by atoms with Crippen molar-refractivity contribution in [3.63, 3.8) is 0 Å². The smallest absolute Gasteiger partial charge is 0.282 e. The summed E-state index contributed by atoms with van der Waals surface area (Å²) in [5.74, 6) is -2.03. The molecule has 2 aliphatic rings. The van der Waals surface area contributed by atoms with E-state index in [2.05, 4.69) is 0 Å². The number of carbonyl (C=O) groups is 2. The van der Waals surface area contributed by atoms with Gasteiger partial charge in [0.05, 0.1) is 22.1 Å². The number of sulfonamides is 1. The Labute approximate surface area is 176 Å². The lowest BCUT2D eigenvalue weighted by Gasteiger charge is -2.35. The van der Waals surface area contributed by atoms with E-state index in [0.29, 0.717) is 0 Å². The van der Waals surface area contributed by atoms with Gasteiger partial charge >= 0.3 is 0 Å². The summed E-state index contributed by atoms with van der Waals surface area (Å²) < 4.78 is 40.0. The van der Waals surface area contributed by atoms with Crippen LogP contribution in [0.25, 0.3) is 0 Å². The van der Waals surface area contributed by atoms with Crippen molar-refractivity contribution >= 4 is 27.5 Å². The fourth-order valence-electron chi connectivity index (χ4n) is 3.68. The Kier molecular flexibility index (Phi) is 5.29. The van der Waals surface area contributed by atoms with Crippen molar-refractivity contribution in [2.45, 2.75) is 4.90 Å². The van der Waals surface area contributed by atoms with Crippen LogP contribution in [0.2, 0.25) is 0 Å². The first-order chi connectivity index (χ1) is 14.7. The zero-order valence-electron chi connectivity index (χ0n) is 16.1. The molecule has 2 aromatic rings. The summed E-state index contributed by atoms with van der Waals surface area (Å²) in [4.78, 5) is 38.3. The molecular formula is C19H17FN4O6S. The molecule has 0 N–H and O–H groups in total. The molecule has 0 radical (unpaired) electrons. The minimum atomic E-state index is -3.87. The molecule has 2 aromatic carbocycles. The van der Waals surface area contributed by atoms with Gasteiger partial charge in [-0.05, 0) is 24.3 Å². The fraction of sp³-hybridized carbons (Fsp3) is 0.263. The average molecular weight is 448 g/mol. The standard InChI is InChI=1S/C19H17FN4O6S/c20-13-3-1-4-14(11-13)31(29,30)22-9-7-21(8-10-22)12-23-18(25)15-5-2-6-16(24(27)28)17(15)19(23)26/h1-6,11H,7-10,12H2. The van der Waals surface area contributed by atoms with E-state index in [9.17, 15) is 32.5 Å². The highest BCUT2D eigenvalue weighted by Gasteiger charge is 2.42. The Hall–Kier alpha value is -3.22. The number of hydrogen-bond donors (Lipinski definition) is 0. The number of benzene rings is 2. The van der Waals surface area contributed by atoms with Crippen LogP contribution in [0.1, 0.15) is 20.7 Å². The summed E-state index contributed by atoms with van der Waals surface area (Å²) in [5, 5.41) is 11.2. The highest BCUT2D eigenvalue weighted by molar-refractivity contribution is 7.89. The van der Waals surface area contributed by atoms with Crippen LogP contribution in [0, 0.1) is 15.9 Å². The molecule has 10 nitrogen and oxygen atoms in total. The van der Waals surface area contributed by atoms with Gasteiger partial charge in [-0.1, -0.05) is 12.1 Å². The van der Waals surface area contributed by atoms with E-state index in [1.807, 2.05) is 0 Å². The van der Waals surface area contributed by atoms with Gasteiger partial charge in [0.2, 0.25) is 10.0 Å². The van der Waals surface area contributed by atoms with E-state index in [-0.39, 0.29) is 48.9 Å². The Balaban J connectivity index is 1.45. The molecule has 0 aromatic heterocycles. The summed E-state index contributed by atoms with van der Waals surface area (Å²) in [6, 6.07) is 8.63. The second-order valence-corrected chi connectivity index (χ2v) is 9.05. The second-order valence-electron chi connectivity index (χ2n) is 7.12. The van der Waals surface area contributed by atoms with Crippen LogP contribution < -0.4 is 0 Å². The lowest BCUT2D eigenvalue weighted by molar-refractivity contribution is -0.385. The van der Waals surface area contributed by atoms with E-state index in [1.165, 1.54) is 34.6 Å². The molecule has 1 saturated heterocycles. The third-order valence-electron chi connectivity index (χ3n) is 5.28. The number of halogens is 1. The minimum absolute atomic E-state index is 0.0217. The van der Waals surface area contributed by atoms with Gasteiger partial charge in [-0.3, -0.25) is 29.5 Å². The molecule has 162 valence electrons. The summed E-state index contributed by atoms with van der Waals surface area (Å²) >= 11 is 0. The second kappa shape index (κ2) is 7.80. The molecule has 0 aliphatic carbocycles. The molecule has 0 saturated carbocycles. The minimum Gasteiger partial charge on any atom is -0.283 e. The summed E-state index contributed by atoms with van der Waals surface area (Å²) in [7, 11) is -3.87. The largest absolute Gasteiger partial charge is 0.283 e. The number of nitrogens with zero attached hydrogens (tertiary/aromatic N) is 4. The van der Waals surface area contributed by atoms with Crippen LogP contribution in [0.15, 0.2) is 47.4 Å². The van der Waals surface area contributed by atoms with E-state index in [1.54, 1.807) is 4.90 Å². The van der Waals surface area contributed by atoms with Crippen LogP contribution in [0.3, 0.4) is 0 Å². The fourth-order valence-corrected chi connectivity index (χ4v) is 5.14. The zero-order valence-corrected chi connectivity index (χ0v) is 16.9. The van der Waals surface area contributed by atoms with Crippen molar-refractivity contribution in [1.82, 2.24) is 14.1 Å². The first-order valence-electron chi connectivity index (χ1n) is 9.32. The summed E-state index contributed by atoms with van der Waals surface area (Å²) in [6.45, 7) is 0.510. The number of carbonyl (C=O) groups excluding carboxylic acids is 2. The van der Waals surface area contributed by atoms with Crippen molar-refractivity contribution in [1.29, 1.82) is 0 Å². The van der Waals surface area contributed by atoms with Gasteiger partial charge in [0, 0.05) is 32.2 Å². The van der Waals surface area contributed by atoms with Crippen LogP contribution in [-0.4, -0.2) is 72.1 Å². The zero-order chi connectivity index (χ0) is 22.3. The highest BCUT2D eigenvalue weighted by atomic mass is 32.2. The lowest BCUT2D eigenvalue weighted by Crippen LogP contribution is -2.52. The van der Waals surface area contributed by atoms with Gasteiger partial charge in [0.15, 0.2) is 0 Å². The molecule has 0 spiro atoms. The molecule has 1 fully saturated rings. The molecule has 2 amide bonds. The Morgan fingerprint density at radius 3 is 2.32 bits per heavy atom. The molecule has 4 rings (SSSR count). The molecule has 0 unspecified atom stereocenters. The Morgan fingerprint density at radius 2 is 1.68 bits per heavy atom. The number of nitro groups is 1. The van der Waals surface area contributed by atoms with Crippen LogP contribution in [-0.2, 0) is 10.0 Å². The van der Waals surface area contributed by atoms with Crippen molar-refractivity contribution in [3.8, 4) is 0 Å². The van der Waals surface area contributed by atoms with Gasteiger partial charge < -0.3 is 0 Å². The monoisotopic (exact) mass is 448 g/mol. The maximum Gasteiger partial charge on any atom is 0.282 e. The lowest BCUT2D eigenvalue weighted by atomic mass is 10.1. The van der Waals surface area contributed by atoms with Crippen LogP contribution in [0.5, 0.6) is 0 Å².